The molecule has 3 nitrogen and oxygen atoms in total. The van der Waals surface area contributed by atoms with Crippen LogP contribution in [0, 0.1) is 0 Å². The number of hydrogen-bond acceptors (Lipinski definition) is 3. The van der Waals surface area contributed by atoms with E-state index in [1.165, 1.54) is 0 Å². The first kappa shape index (κ1) is 13.3. The molecule has 0 aliphatic carbocycles. The van der Waals surface area contributed by atoms with Crippen molar-refractivity contribution < 1.29 is 4.79 Å². The maximum Gasteiger partial charge on any atom is 0.177 e. The second-order valence-electron chi connectivity index (χ2n) is 5.56. The van der Waals surface area contributed by atoms with Gasteiger partial charge in [0, 0.05) is 24.7 Å². The van der Waals surface area contributed by atoms with Crippen LogP contribution in [0.3, 0.4) is 0 Å². The molecule has 2 N–H and O–H groups in total. The third-order valence-corrected chi connectivity index (χ3v) is 4.09. The van der Waals surface area contributed by atoms with Gasteiger partial charge < -0.3 is 5.73 Å². The Balaban J connectivity index is 1.79. The van der Waals surface area contributed by atoms with Gasteiger partial charge in [0.2, 0.25) is 0 Å². The van der Waals surface area contributed by atoms with Crippen LogP contribution < -0.4 is 5.73 Å². The van der Waals surface area contributed by atoms with Crippen LogP contribution in [0.5, 0.6) is 0 Å². The van der Waals surface area contributed by atoms with Crippen molar-refractivity contribution in [3.63, 3.8) is 0 Å². The molecule has 1 saturated heterocycles. The summed E-state index contributed by atoms with van der Waals surface area (Å²) in [6, 6.07) is 14.3. The van der Waals surface area contributed by atoms with Crippen molar-refractivity contribution in [2.24, 2.45) is 5.73 Å². The maximum atomic E-state index is 12.5. The lowest BCUT2D eigenvalue weighted by Gasteiger charge is -2.29. The Bertz CT molecular complexity index is 610. The summed E-state index contributed by atoms with van der Waals surface area (Å²) in [6.45, 7) is 2.36. The van der Waals surface area contributed by atoms with E-state index in [0.29, 0.717) is 12.6 Å². The first-order valence-electron chi connectivity index (χ1n) is 7.23. The van der Waals surface area contributed by atoms with E-state index in [2.05, 4.69) is 4.90 Å². The Morgan fingerprint density at radius 2 is 1.80 bits per heavy atom. The number of piperidine rings is 1. The van der Waals surface area contributed by atoms with E-state index in [-0.39, 0.29) is 5.78 Å². The summed E-state index contributed by atoms with van der Waals surface area (Å²) in [6.07, 6.45) is 1.98. The van der Waals surface area contributed by atoms with Crippen LogP contribution in [0.1, 0.15) is 23.2 Å². The summed E-state index contributed by atoms with van der Waals surface area (Å²) in [5.41, 5.74) is 6.73. The van der Waals surface area contributed by atoms with Crippen molar-refractivity contribution in [1.82, 2.24) is 4.90 Å². The molecular weight excluding hydrogens is 248 g/mol. The van der Waals surface area contributed by atoms with Crippen molar-refractivity contribution in [1.29, 1.82) is 0 Å². The van der Waals surface area contributed by atoms with Gasteiger partial charge in [-0.15, -0.1) is 0 Å². The van der Waals surface area contributed by atoms with Gasteiger partial charge in [-0.2, -0.15) is 0 Å². The lowest BCUT2D eigenvalue weighted by molar-refractivity contribution is 0.0911. The lowest BCUT2D eigenvalue weighted by Crippen LogP contribution is -2.41. The van der Waals surface area contributed by atoms with Crippen LogP contribution in [-0.4, -0.2) is 36.4 Å². The van der Waals surface area contributed by atoms with E-state index in [4.69, 9.17) is 5.73 Å². The Labute approximate surface area is 119 Å². The smallest absolute Gasteiger partial charge is 0.177 e. The second kappa shape index (κ2) is 5.73. The standard InChI is InChI=1S/C17H20N2O/c18-14-8-10-19(11-9-14)12-17(20)16-7-3-5-13-4-1-2-6-15(13)16/h1-7,14H,8-12,18H2. The number of nitrogens with two attached hydrogens (primary N) is 1. The number of ketones is 1. The van der Waals surface area contributed by atoms with Crippen molar-refractivity contribution in [2.75, 3.05) is 19.6 Å². The zero-order chi connectivity index (χ0) is 13.9. The van der Waals surface area contributed by atoms with E-state index in [0.717, 1.165) is 42.3 Å². The highest BCUT2D eigenvalue weighted by Gasteiger charge is 2.19. The number of Topliss-reactive ketones (excluding diaryl/α,β-unsaturated/α-hetero) is 1. The van der Waals surface area contributed by atoms with Gasteiger partial charge >= 0.3 is 0 Å². The molecule has 1 heterocycles. The van der Waals surface area contributed by atoms with Crippen molar-refractivity contribution in [2.45, 2.75) is 18.9 Å². The summed E-state index contributed by atoms with van der Waals surface area (Å²) in [7, 11) is 0. The zero-order valence-corrected chi connectivity index (χ0v) is 11.6. The molecule has 0 bridgehead atoms. The molecule has 1 fully saturated rings. The minimum Gasteiger partial charge on any atom is -0.328 e. The number of rotatable bonds is 3. The predicted octanol–water partition coefficient (Wildman–Crippen LogP) is 2.45. The Hall–Kier alpha value is -1.71. The zero-order valence-electron chi connectivity index (χ0n) is 11.6. The Morgan fingerprint density at radius 1 is 1.10 bits per heavy atom. The largest absolute Gasteiger partial charge is 0.328 e. The minimum atomic E-state index is 0.206. The van der Waals surface area contributed by atoms with Crippen LogP contribution in [0.15, 0.2) is 42.5 Å². The van der Waals surface area contributed by atoms with Crippen molar-refractivity contribution >= 4 is 16.6 Å². The van der Waals surface area contributed by atoms with Crippen molar-refractivity contribution in [3.8, 4) is 0 Å². The van der Waals surface area contributed by atoms with E-state index in [1.54, 1.807) is 0 Å². The van der Waals surface area contributed by atoms with Crippen LogP contribution >= 0.6 is 0 Å². The van der Waals surface area contributed by atoms with Gasteiger partial charge in [-0.3, -0.25) is 9.69 Å². The van der Waals surface area contributed by atoms with Gasteiger partial charge in [-0.1, -0.05) is 42.5 Å². The third-order valence-electron chi connectivity index (χ3n) is 4.09. The normalized spacial score (nSPS) is 17.4. The summed E-state index contributed by atoms with van der Waals surface area (Å²) in [5.74, 6) is 0.206. The molecule has 3 rings (SSSR count). The van der Waals surface area contributed by atoms with Gasteiger partial charge in [-0.25, -0.2) is 0 Å². The molecule has 3 heteroatoms. The number of carbonyl (C=O) groups is 1. The molecule has 0 atom stereocenters. The fraction of sp³-hybridized carbons (Fsp3) is 0.353. The molecule has 0 aromatic heterocycles. The predicted molar refractivity (Wildman–Crippen MR) is 81.9 cm³/mol. The maximum absolute atomic E-state index is 12.5. The highest BCUT2D eigenvalue weighted by atomic mass is 16.1. The molecule has 0 saturated carbocycles. The number of benzene rings is 2. The van der Waals surface area contributed by atoms with Crippen LogP contribution in [-0.2, 0) is 0 Å². The molecule has 0 amide bonds. The third kappa shape index (κ3) is 2.74. The number of carbonyl (C=O) groups excluding carboxylic acids is 1. The van der Waals surface area contributed by atoms with Gasteiger partial charge in [0.1, 0.15) is 0 Å². The van der Waals surface area contributed by atoms with Crippen LogP contribution in [0.2, 0.25) is 0 Å². The number of likely N-dealkylation sites (tertiary alicyclic amines) is 1. The van der Waals surface area contributed by atoms with Gasteiger partial charge in [0.15, 0.2) is 5.78 Å². The highest BCUT2D eigenvalue weighted by molar-refractivity contribution is 6.09. The number of nitrogens with zero attached hydrogens (tertiary/aromatic N) is 1. The Morgan fingerprint density at radius 3 is 2.60 bits per heavy atom. The molecule has 0 radical (unpaired) electrons. The minimum absolute atomic E-state index is 0.206. The molecule has 0 unspecified atom stereocenters. The molecule has 2 aromatic rings. The monoisotopic (exact) mass is 268 g/mol. The van der Waals surface area contributed by atoms with E-state index in [1.807, 2.05) is 42.5 Å². The fourth-order valence-electron chi connectivity index (χ4n) is 2.87. The summed E-state index contributed by atoms with van der Waals surface area (Å²) in [4.78, 5) is 14.8. The van der Waals surface area contributed by atoms with E-state index in [9.17, 15) is 4.79 Å². The summed E-state index contributed by atoms with van der Waals surface area (Å²) in [5, 5.41) is 2.17. The molecule has 104 valence electrons. The first-order chi connectivity index (χ1) is 9.74. The fourth-order valence-corrected chi connectivity index (χ4v) is 2.87. The van der Waals surface area contributed by atoms with Crippen molar-refractivity contribution in [3.05, 3.63) is 48.0 Å². The van der Waals surface area contributed by atoms with Crippen LogP contribution in [0.25, 0.3) is 10.8 Å². The molecule has 1 aliphatic heterocycles. The lowest BCUT2D eigenvalue weighted by atomic mass is 10.00. The molecular formula is C17H20N2O. The molecule has 1 aliphatic rings. The molecule has 0 spiro atoms. The van der Waals surface area contributed by atoms with E-state index < -0.39 is 0 Å². The number of hydrogen-bond donors (Lipinski definition) is 1. The van der Waals surface area contributed by atoms with E-state index >= 15 is 0 Å². The van der Waals surface area contributed by atoms with Crippen LogP contribution in [0.4, 0.5) is 0 Å². The average Bonchev–Trinajstić information content (AvgIpc) is 2.49. The quantitative estimate of drug-likeness (QED) is 0.870. The SMILES string of the molecule is NC1CCN(CC(=O)c2cccc3ccccc23)CC1. The second-order valence-corrected chi connectivity index (χ2v) is 5.56. The number of fused-ring (bicyclic) bond motifs is 1. The van der Waals surface area contributed by atoms with Gasteiger partial charge in [-0.05, 0) is 23.6 Å². The Kier molecular flexibility index (Phi) is 3.81. The molecule has 20 heavy (non-hydrogen) atoms. The topological polar surface area (TPSA) is 46.3 Å². The summed E-state index contributed by atoms with van der Waals surface area (Å²) < 4.78 is 0. The average molecular weight is 268 g/mol. The first-order valence-corrected chi connectivity index (χ1v) is 7.23. The van der Waals surface area contributed by atoms with Gasteiger partial charge in [0.25, 0.3) is 0 Å². The summed E-state index contributed by atoms with van der Waals surface area (Å²) >= 11 is 0. The van der Waals surface area contributed by atoms with Gasteiger partial charge in [0.05, 0.1) is 6.54 Å². The highest BCUT2D eigenvalue weighted by Crippen LogP contribution is 2.19. The molecule has 2 aromatic carbocycles.